The summed E-state index contributed by atoms with van der Waals surface area (Å²) in [5.41, 5.74) is 5.83. The van der Waals surface area contributed by atoms with Crippen molar-refractivity contribution in [3.05, 3.63) is 35.9 Å². The molecule has 1 atom stereocenters. The van der Waals surface area contributed by atoms with Gasteiger partial charge in [-0.1, -0.05) is 30.3 Å². The van der Waals surface area contributed by atoms with Gasteiger partial charge in [-0.3, -0.25) is 4.79 Å². The molecule has 3 heteroatoms. The molecule has 0 bridgehead atoms. The monoisotopic (exact) mass is 192 g/mol. The number of hydrogen-bond donors (Lipinski definition) is 2. The van der Waals surface area contributed by atoms with Gasteiger partial charge in [-0.2, -0.15) is 0 Å². The van der Waals surface area contributed by atoms with Crippen molar-refractivity contribution in [1.29, 1.82) is 0 Å². The molecule has 0 saturated carbocycles. The minimum Gasteiger partial charge on any atom is -0.354 e. The standard InChI is InChI=1S/C11H16N2O/c1-3-13-10(14)11(2,12)9-7-5-4-6-8-9/h4-8H,3,12H2,1-2H3,(H,13,14). The molecule has 1 rings (SSSR count). The highest BCUT2D eigenvalue weighted by Crippen LogP contribution is 2.16. The Bertz CT molecular complexity index is 306. The van der Waals surface area contributed by atoms with E-state index in [1.54, 1.807) is 6.92 Å². The Hall–Kier alpha value is -1.35. The third kappa shape index (κ3) is 2.12. The van der Waals surface area contributed by atoms with Crippen LogP contribution in [0.3, 0.4) is 0 Å². The van der Waals surface area contributed by atoms with Gasteiger partial charge < -0.3 is 11.1 Å². The summed E-state index contributed by atoms with van der Waals surface area (Å²) in [6.45, 7) is 4.19. The molecular formula is C11H16N2O. The minimum absolute atomic E-state index is 0.147. The van der Waals surface area contributed by atoms with E-state index >= 15 is 0 Å². The van der Waals surface area contributed by atoms with Crippen LogP contribution in [-0.4, -0.2) is 12.5 Å². The predicted molar refractivity (Wildman–Crippen MR) is 56.7 cm³/mol. The fourth-order valence-corrected chi connectivity index (χ4v) is 1.26. The molecule has 0 fully saturated rings. The van der Waals surface area contributed by atoms with E-state index in [9.17, 15) is 4.79 Å². The maximum Gasteiger partial charge on any atom is 0.244 e. The fraction of sp³-hybridized carbons (Fsp3) is 0.364. The number of rotatable bonds is 3. The zero-order chi connectivity index (χ0) is 10.6. The van der Waals surface area contributed by atoms with E-state index in [1.807, 2.05) is 37.3 Å². The summed E-state index contributed by atoms with van der Waals surface area (Å²) in [5, 5.41) is 2.72. The van der Waals surface area contributed by atoms with E-state index in [-0.39, 0.29) is 5.91 Å². The number of benzene rings is 1. The number of likely N-dealkylation sites (N-methyl/N-ethyl adjacent to an activating group) is 1. The lowest BCUT2D eigenvalue weighted by atomic mass is 9.92. The lowest BCUT2D eigenvalue weighted by Gasteiger charge is -2.23. The summed E-state index contributed by atoms with van der Waals surface area (Å²) >= 11 is 0. The van der Waals surface area contributed by atoms with Crippen LogP contribution < -0.4 is 11.1 Å². The van der Waals surface area contributed by atoms with E-state index < -0.39 is 5.54 Å². The van der Waals surface area contributed by atoms with E-state index in [2.05, 4.69) is 5.32 Å². The number of nitrogens with one attached hydrogen (secondary N) is 1. The number of carbonyl (C=O) groups excluding carboxylic acids is 1. The number of nitrogens with two attached hydrogens (primary N) is 1. The van der Waals surface area contributed by atoms with Crippen molar-refractivity contribution in [3.8, 4) is 0 Å². The van der Waals surface area contributed by atoms with Gasteiger partial charge in [-0.05, 0) is 19.4 Å². The summed E-state index contributed by atoms with van der Waals surface area (Å²) < 4.78 is 0. The summed E-state index contributed by atoms with van der Waals surface area (Å²) in [6.07, 6.45) is 0. The van der Waals surface area contributed by atoms with Crippen molar-refractivity contribution >= 4 is 5.91 Å². The molecule has 1 aromatic carbocycles. The average molecular weight is 192 g/mol. The Morgan fingerprint density at radius 3 is 2.50 bits per heavy atom. The Morgan fingerprint density at radius 1 is 1.43 bits per heavy atom. The Kier molecular flexibility index (Phi) is 3.25. The predicted octanol–water partition coefficient (Wildman–Crippen LogP) is 0.997. The molecule has 0 saturated heterocycles. The van der Waals surface area contributed by atoms with Crippen LogP contribution in [0, 0.1) is 0 Å². The van der Waals surface area contributed by atoms with Crippen LogP contribution in [0.2, 0.25) is 0 Å². The van der Waals surface area contributed by atoms with Gasteiger partial charge >= 0.3 is 0 Å². The molecule has 1 amide bonds. The highest BCUT2D eigenvalue weighted by molar-refractivity contribution is 5.86. The molecule has 0 aliphatic rings. The smallest absolute Gasteiger partial charge is 0.244 e. The third-order valence-electron chi connectivity index (χ3n) is 2.18. The second-order valence-electron chi connectivity index (χ2n) is 3.43. The van der Waals surface area contributed by atoms with Crippen LogP contribution in [0.1, 0.15) is 19.4 Å². The Balaban J connectivity index is 2.90. The molecule has 3 N–H and O–H groups in total. The maximum atomic E-state index is 11.6. The molecule has 0 aliphatic heterocycles. The molecule has 1 aromatic rings. The second-order valence-corrected chi connectivity index (χ2v) is 3.43. The first-order valence-corrected chi connectivity index (χ1v) is 4.71. The molecule has 0 aromatic heterocycles. The quantitative estimate of drug-likeness (QED) is 0.750. The molecule has 14 heavy (non-hydrogen) atoms. The van der Waals surface area contributed by atoms with E-state index in [0.29, 0.717) is 6.54 Å². The van der Waals surface area contributed by atoms with Crippen LogP contribution in [-0.2, 0) is 10.3 Å². The first-order valence-electron chi connectivity index (χ1n) is 4.71. The topological polar surface area (TPSA) is 55.1 Å². The number of amides is 1. The zero-order valence-corrected chi connectivity index (χ0v) is 8.58. The number of hydrogen-bond acceptors (Lipinski definition) is 2. The number of carbonyl (C=O) groups is 1. The average Bonchev–Trinajstić information content (AvgIpc) is 2.19. The summed E-state index contributed by atoms with van der Waals surface area (Å²) in [4.78, 5) is 11.6. The summed E-state index contributed by atoms with van der Waals surface area (Å²) in [7, 11) is 0. The summed E-state index contributed by atoms with van der Waals surface area (Å²) in [6, 6.07) is 9.36. The molecule has 0 heterocycles. The molecule has 3 nitrogen and oxygen atoms in total. The minimum atomic E-state index is -0.947. The van der Waals surface area contributed by atoms with Gasteiger partial charge in [0.05, 0.1) is 0 Å². The van der Waals surface area contributed by atoms with Gasteiger partial charge in [-0.25, -0.2) is 0 Å². The second kappa shape index (κ2) is 4.24. The van der Waals surface area contributed by atoms with Crippen LogP contribution >= 0.6 is 0 Å². The molecular weight excluding hydrogens is 176 g/mol. The third-order valence-corrected chi connectivity index (χ3v) is 2.18. The zero-order valence-electron chi connectivity index (χ0n) is 8.58. The molecule has 0 radical (unpaired) electrons. The first kappa shape index (κ1) is 10.7. The van der Waals surface area contributed by atoms with Gasteiger partial charge in [0, 0.05) is 6.54 Å². The van der Waals surface area contributed by atoms with Crippen LogP contribution in [0.15, 0.2) is 30.3 Å². The van der Waals surface area contributed by atoms with E-state index in [0.717, 1.165) is 5.56 Å². The van der Waals surface area contributed by atoms with Gasteiger partial charge in [-0.15, -0.1) is 0 Å². The van der Waals surface area contributed by atoms with Crippen LogP contribution in [0.5, 0.6) is 0 Å². The molecule has 0 spiro atoms. The van der Waals surface area contributed by atoms with Gasteiger partial charge in [0.2, 0.25) is 5.91 Å². The van der Waals surface area contributed by atoms with Gasteiger partial charge in [0.15, 0.2) is 0 Å². The maximum absolute atomic E-state index is 11.6. The fourth-order valence-electron chi connectivity index (χ4n) is 1.26. The lowest BCUT2D eigenvalue weighted by molar-refractivity contribution is -0.126. The molecule has 1 unspecified atom stereocenters. The van der Waals surface area contributed by atoms with Crippen molar-refractivity contribution in [2.45, 2.75) is 19.4 Å². The highest BCUT2D eigenvalue weighted by Gasteiger charge is 2.29. The first-order chi connectivity index (χ1) is 6.59. The summed E-state index contributed by atoms with van der Waals surface area (Å²) in [5.74, 6) is -0.147. The largest absolute Gasteiger partial charge is 0.354 e. The van der Waals surface area contributed by atoms with E-state index in [4.69, 9.17) is 5.73 Å². The van der Waals surface area contributed by atoms with Crippen LogP contribution in [0.25, 0.3) is 0 Å². The van der Waals surface area contributed by atoms with Gasteiger partial charge in [0.25, 0.3) is 0 Å². The normalized spacial score (nSPS) is 14.5. The van der Waals surface area contributed by atoms with Crippen molar-refractivity contribution in [1.82, 2.24) is 5.32 Å². The van der Waals surface area contributed by atoms with Crippen molar-refractivity contribution in [2.75, 3.05) is 6.54 Å². The SMILES string of the molecule is CCNC(=O)C(C)(N)c1ccccc1. The lowest BCUT2D eigenvalue weighted by Crippen LogP contribution is -2.48. The highest BCUT2D eigenvalue weighted by atomic mass is 16.2. The van der Waals surface area contributed by atoms with Crippen molar-refractivity contribution in [2.24, 2.45) is 5.73 Å². The van der Waals surface area contributed by atoms with Crippen LogP contribution in [0.4, 0.5) is 0 Å². The van der Waals surface area contributed by atoms with Crippen molar-refractivity contribution in [3.63, 3.8) is 0 Å². The molecule has 76 valence electrons. The van der Waals surface area contributed by atoms with Gasteiger partial charge in [0.1, 0.15) is 5.54 Å². The Morgan fingerprint density at radius 2 is 2.00 bits per heavy atom. The van der Waals surface area contributed by atoms with Crippen molar-refractivity contribution < 1.29 is 4.79 Å². The van der Waals surface area contributed by atoms with E-state index in [1.165, 1.54) is 0 Å². The molecule has 0 aliphatic carbocycles. The Labute approximate surface area is 84.3 Å².